The van der Waals surface area contributed by atoms with Crippen LogP contribution in [0.2, 0.25) is 0 Å². The summed E-state index contributed by atoms with van der Waals surface area (Å²) in [5.74, 6) is 5.69. The topological polar surface area (TPSA) is 194 Å². The molecule has 0 fully saturated rings. The fourth-order valence-corrected chi connectivity index (χ4v) is 20.0. The van der Waals surface area contributed by atoms with Crippen LogP contribution in [0.15, 0.2) is 511 Å². The van der Waals surface area contributed by atoms with Crippen LogP contribution in [0.5, 0.6) is 0 Å². The quantitative estimate of drug-likeness (QED) is 0.0886. The van der Waals surface area contributed by atoms with E-state index in [1.54, 1.807) is 0 Å². The summed E-state index contributed by atoms with van der Waals surface area (Å²) in [6.45, 7) is 0. The molecule has 15 heteroatoms. The van der Waals surface area contributed by atoms with Crippen LogP contribution < -0.4 is 0 Å². The standard InChI is InChI=1S/C48H30N4O.2C42H26N4O/c1-3-13-31(14-4-1)35-17-11-18-36(29-35)48-51-46(33-15-5-2-6-16-33)50-47(52-48)34-26-24-32(25-27-34)40-30-41-44-39(42-22-9-10-28-49-42)21-12-23-43(44)53-45(41)38-20-8-7-19-37(38)40;1-3-13-27(14-4-1)40-44-41(28-15-5-2-6-16-28)46-42(45-40)30-18-11-17-29(25-30)34-26-35-38-33(36-22-9-10-24-43-36)21-12-23-37(38)47-39(35)32-20-8-7-19-31(32)34;1-3-12-28(13-4-1)40-44-41(29-14-5-2-6-15-29)46-42(45-40)30-23-21-27(22-24-30)34-26-35-38-33(36-19-9-10-25-43-36)18-11-20-37(38)47-39(35)32-17-8-7-16-31(32)34/h1-30H;2*1-26H. The second kappa shape index (κ2) is 38.1. The highest BCUT2D eigenvalue weighted by atomic mass is 16.3. The molecule has 0 aliphatic carbocycles. The summed E-state index contributed by atoms with van der Waals surface area (Å²) in [5.41, 5.74) is 28.3. The number of aromatic nitrogens is 12. The Labute approximate surface area is 844 Å². The Morgan fingerprint density at radius 1 is 0.129 bits per heavy atom. The van der Waals surface area contributed by atoms with Crippen LogP contribution in [0.25, 0.3) is 279 Å². The number of rotatable bonds is 16. The molecule has 15 nitrogen and oxygen atoms in total. The molecule has 28 aromatic rings. The van der Waals surface area contributed by atoms with Gasteiger partial charge in [-0.2, -0.15) is 0 Å². The second-order valence-electron chi connectivity index (χ2n) is 36.0. The van der Waals surface area contributed by atoms with Crippen LogP contribution in [-0.2, 0) is 0 Å². The maximum absolute atomic E-state index is 6.57. The first-order chi connectivity index (χ1) is 72.9. The molecule has 0 aliphatic heterocycles. The Bertz CT molecular complexity index is 9700. The molecule has 0 saturated heterocycles. The Balaban J connectivity index is 0.000000112. The lowest BCUT2D eigenvalue weighted by Gasteiger charge is -2.11. The Morgan fingerprint density at radius 3 is 0.639 bits per heavy atom. The van der Waals surface area contributed by atoms with E-state index in [1.165, 1.54) is 0 Å². The highest BCUT2D eigenvalue weighted by Gasteiger charge is 2.26. The smallest absolute Gasteiger partial charge is 0.164 e. The van der Waals surface area contributed by atoms with Gasteiger partial charge in [-0.1, -0.05) is 394 Å². The van der Waals surface area contributed by atoms with Crippen LogP contribution in [0.3, 0.4) is 0 Å². The van der Waals surface area contributed by atoms with Gasteiger partial charge in [-0.3, -0.25) is 15.0 Å². The number of benzene rings is 19. The second-order valence-corrected chi connectivity index (χ2v) is 36.0. The van der Waals surface area contributed by atoms with Gasteiger partial charge in [0, 0.05) is 134 Å². The summed E-state index contributed by atoms with van der Waals surface area (Å²) in [6, 6.07) is 163. The third-order valence-corrected chi connectivity index (χ3v) is 27.0. The van der Waals surface area contributed by atoms with Crippen molar-refractivity contribution in [1.82, 2.24) is 59.8 Å². The lowest BCUT2D eigenvalue weighted by molar-refractivity contribution is 0.672. The zero-order valence-electron chi connectivity index (χ0n) is 78.9. The molecule has 688 valence electrons. The molecule has 28 rings (SSSR count). The van der Waals surface area contributed by atoms with Gasteiger partial charge in [-0.25, -0.2) is 44.9 Å². The van der Waals surface area contributed by atoms with Crippen molar-refractivity contribution in [2.45, 2.75) is 0 Å². The summed E-state index contributed by atoms with van der Waals surface area (Å²) in [6.07, 6.45) is 5.49. The first kappa shape index (κ1) is 87.1. The van der Waals surface area contributed by atoms with Crippen LogP contribution in [0.1, 0.15) is 0 Å². The molecule has 0 amide bonds. The predicted octanol–water partition coefficient (Wildman–Crippen LogP) is 33.6. The van der Waals surface area contributed by atoms with Gasteiger partial charge in [0.2, 0.25) is 0 Å². The van der Waals surface area contributed by atoms with Crippen molar-refractivity contribution in [3.8, 4) is 181 Å². The fourth-order valence-electron chi connectivity index (χ4n) is 20.0. The summed E-state index contributed by atoms with van der Waals surface area (Å²) in [7, 11) is 0. The molecule has 0 unspecified atom stereocenters. The van der Waals surface area contributed by atoms with E-state index in [1.807, 2.05) is 267 Å². The van der Waals surface area contributed by atoms with Crippen molar-refractivity contribution in [2.75, 3.05) is 0 Å². The minimum absolute atomic E-state index is 0.617. The van der Waals surface area contributed by atoms with Gasteiger partial charge < -0.3 is 13.3 Å². The maximum atomic E-state index is 6.57. The minimum atomic E-state index is 0.617. The van der Waals surface area contributed by atoms with Crippen molar-refractivity contribution < 1.29 is 13.3 Å². The lowest BCUT2D eigenvalue weighted by Crippen LogP contribution is -2.00. The van der Waals surface area contributed by atoms with E-state index in [0.717, 1.165) is 226 Å². The van der Waals surface area contributed by atoms with Crippen LogP contribution in [-0.4, -0.2) is 59.8 Å². The average molecular weight is 1880 g/mol. The van der Waals surface area contributed by atoms with Gasteiger partial charge in [0.25, 0.3) is 0 Å². The molecule has 0 bridgehead atoms. The summed E-state index contributed by atoms with van der Waals surface area (Å²) >= 11 is 0. The van der Waals surface area contributed by atoms with Crippen LogP contribution >= 0.6 is 0 Å². The number of nitrogens with zero attached hydrogens (tertiary/aromatic N) is 12. The molecule has 0 radical (unpaired) electrons. The number of pyridine rings is 3. The van der Waals surface area contributed by atoms with Crippen LogP contribution in [0.4, 0.5) is 0 Å². The monoisotopic (exact) mass is 1880 g/mol. The molecule has 0 spiro atoms. The van der Waals surface area contributed by atoms with Crippen molar-refractivity contribution >= 4 is 98.1 Å². The van der Waals surface area contributed by atoms with E-state index in [0.29, 0.717) is 52.4 Å². The lowest BCUT2D eigenvalue weighted by atomic mass is 9.93. The molecule has 0 aliphatic rings. The average Bonchev–Trinajstić information content (AvgIpc) is 1.59. The Morgan fingerprint density at radius 2 is 0.347 bits per heavy atom. The summed E-state index contributed by atoms with van der Waals surface area (Å²) in [5, 5.41) is 12.9. The number of hydrogen-bond donors (Lipinski definition) is 0. The SMILES string of the molecule is c1ccc(-c2cccc(-c3nc(-c4ccccc4)nc(-c4ccc(-c5cc6c(oc7cccc(-c8ccccn8)c76)c6ccccc56)cc4)n3)c2)cc1.c1ccc(-c2nc(-c3ccccc3)nc(-c3ccc(-c4cc5c(oc6cccc(-c7ccccn7)c65)c5ccccc45)cc3)n2)cc1.c1ccc(-c2nc(-c3ccccc3)nc(-c3cccc(-c4cc5c(oc6cccc(-c7ccccn7)c65)c5ccccc45)c3)n2)cc1. The van der Waals surface area contributed by atoms with Gasteiger partial charge in [0.05, 0.1) is 17.1 Å². The van der Waals surface area contributed by atoms with Gasteiger partial charge in [-0.15, -0.1) is 0 Å². The molecular weight excluding hydrogens is 1800 g/mol. The summed E-state index contributed by atoms with van der Waals surface area (Å²) < 4.78 is 19.7. The number of hydrogen-bond acceptors (Lipinski definition) is 15. The molecule has 9 aromatic heterocycles. The fraction of sp³-hybridized carbons (Fsp3) is 0. The highest BCUT2D eigenvalue weighted by Crippen LogP contribution is 2.49. The zero-order valence-corrected chi connectivity index (χ0v) is 78.9. The van der Waals surface area contributed by atoms with Gasteiger partial charge >= 0.3 is 0 Å². The number of fused-ring (bicyclic) bond motifs is 15. The predicted molar refractivity (Wildman–Crippen MR) is 594 cm³/mol. The molecular formula is C132H82N12O3. The van der Waals surface area contributed by atoms with E-state index in [9.17, 15) is 0 Å². The van der Waals surface area contributed by atoms with Crippen molar-refractivity contribution in [3.05, 3.63) is 498 Å². The van der Waals surface area contributed by atoms with Crippen molar-refractivity contribution in [1.29, 1.82) is 0 Å². The van der Waals surface area contributed by atoms with E-state index in [4.69, 9.17) is 58.1 Å². The highest BCUT2D eigenvalue weighted by molar-refractivity contribution is 6.25. The normalized spacial score (nSPS) is 11.4. The first-order valence-electron chi connectivity index (χ1n) is 48.8. The molecule has 0 saturated carbocycles. The van der Waals surface area contributed by atoms with Gasteiger partial charge in [0.1, 0.15) is 33.5 Å². The van der Waals surface area contributed by atoms with E-state index >= 15 is 0 Å². The number of furan rings is 3. The van der Waals surface area contributed by atoms with Crippen molar-refractivity contribution in [2.24, 2.45) is 0 Å². The Hall–Kier alpha value is -20.2. The first-order valence-corrected chi connectivity index (χ1v) is 48.8. The van der Waals surface area contributed by atoms with Crippen molar-refractivity contribution in [3.63, 3.8) is 0 Å². The molecule has 0 N–H and O–H groups in total. The molecule has 9 heterocycles. The molecule has 147 heavy (non-hydrogen) atoms. The minimum Gasteiger partial charge on any atom is -0.455 e. The third kappa shape index (κ3) is 16.8. The molecule has 0 atom stereocenters. The van der Waals surface area contributed by atoms with E-state index in [2.05, 4.69) is 245 Å². The third-order valence-electron chi connectivity index (χ3n) is 27.0. The maximum Gasteiger partial charge on any atom is 0.164 e. The Kier molecular flexibility index (Phi) is 22.6. The van der Waals surface area contributed by atoms with E-state index < -0.39 is 0 Å². The zero-order chi connectivity index (χ0) is 97.5. The van der Waals surface area contributed by atoms with Gasteiger partial charge in [-0.05, 0) is 146 Å². The molecule has 19 aromatic carbocycles. The van der Waals surface area contributed by atoms with E-state index in [-0.39, 0.29) is 0 Å². The largest absolute Gasteiger partial charge is 0.455 e. The van der Waals surface area contributed by atoms with Gasteiger partial charge in [0.15, 0.2) is 52.4 Å². The summed E-state index contributed by atoms with van der Waals surface area (Å²) in [4.78, 5) is 58.5. The van der Waals surface area contributed by atoms with Crippen LogP contribution in [0, 0.1) is 0 Å².